The molecule has 9 heavy (non-hydrogen) atoms. The maximum absolute atomic E-state index is 4.76. The van der Waals surface area contributed by atoms with Gasteiger partial charge in [0.1, 0.15) is 0 Å². The van der Waals surface area contributed by atoms with Gasteiger partial charge in [-0.15, -0.1) is 0 Å². The molecule has 1 N–H and O–H groups in total. The van der Waals surface area contributed by atoms with Crippen LogP contribution in [0.3, 0.4) is 0 Å². The van der Waals surface area contributed by atoms with E-state index in [1.807, 2.05) is 14.0 Å². The minimum atomic E-state index is 0.146. The molecule has 50 valence electrons. The smallest absolute Gasteiger partial charge is 0.243 e. The Labute approximate surface area is 53.3 Å². The van der Waals surface area contributed by atoms with E-state index < -0.39 is 0 Å². The average Bonchev–Trinajstić information content (AvgIpc) is 2.37. The van der Waals surface area contributed by atoms with Crippen molar-refractivity contribution in [3.8, 4) is 0 Å². The zero-order chi connectivity index (χ0) is 6.69. The van der Waals surface area contributed by atoms with Gasteiger partial charge < -0.3 is 9.84 Å². The fourth-order valence-electron chi connectivity index (χ4n) is 0.496. The highest BCUT2D eigenvalue weighted by molar-refractivity contribution is 4.82. The van der Waals surface area contributed by atoms with Crippen LogP contribution >= 0.6 is 0 Å². The third kappa shape index (κ3) is 1.26. The maximum Gasteiger partial charge on any atom is 0.243 e. The molecule has 0 aromatic carbocycles. The molecule has 0 bridgehead atoms. The molecule has 0 aliphatic rings. The van der Waals surface area contributed by atoms with Crippen LogP contribution in [0.4, 0.5) is 0 Å². The molecular weight excluding hydrogens is 118 g/mol. The molecule has 0 fully saturated rings. The van der Waals surface area contributed by atoms with Crippen LogP contribution in [0, 0.1) is 0 Å². The highest BCUT2D eigenvalue weighted by atomic mass is 16.5. The molecule has 1 heterocycles. The molecule has 0 saturated heterocycles. The van der Waals surface area contributed by atoms with E-state index >= 15 is 0 Å². The minimum Gasteiger partial charge on any atom is -0.338 e. The van der Waals surface area contributed by atoms with Gasteiger partial charge in [-0.2, -0.15) is 4.98 Å². The zero-order valence-electron chi connectivity index (χ0n) is 5.46. The van der Waals surface area contributed by atoms with E-state index in [9.17, 15) is 0 Å². The third-order valence-electron chi connectivity index (χ3n) is 1.18. The normalized spacial score (nSPS) is 13.6. The summed E-state index contributed by atoms with van der Waals surface area (Å²) in [6, 6.07) is 0.146. The summed E-state index contributed by atoms with van der Waals surface area (Å²) in [6.45, 7) is 1.95. The van der Waals surface area contributed by atoms with Gasteiger partial charge in [-0.3, -0.25) is 0 Å². The molecule has 0 aliphatic heterocycles. The van der Waals surface area contributed by atoms with Crippen LogP contribution in [0.1, 0.15) is 18.9 Å². The van der Waals surface area contributed by atoms with E-state index in [-0.39, 0.29) is 6.04 Å². The van der Waals surface area contributed by atoms with Crippen molar-refractivity contribution >= 4 is 0 Å². The van der Waals surface area contributed by atoms with Gasteiger partial charge in [0.25, 0.3) is 0 Å². The number of nitrogens with zero attached hydrogens (tertiary/aromatic N) is 2. The first-order valence-electron chi connectivity index (χ1n) is 2.78. The van der Waals surface area contributed by atoms with E-state index in [0.29, 0.717) is 5.89 Å². The van der Waals surface area contributed by atoms with Crippen molar-refractivity contribution in [3.05, 3.63) is 12.2 Å². The molecule has 1 rings (SSSR count). The first kappa shape index (κ1) is 6.22. The highest BCUT2D eigenvalue weighted by Gasteiger charge is 2.05. The largest absolute Gasteiger partial charge is 0.338 e. The molecule has 1 aromatic heterocycles. The molecule has 1 aromatic rings. The number of rotatable bonds is 2. The Bertz CT molecular complexity index is 161. The lowest BCUT2D eigenvalue weighted by atomic mass is 10.3. The first-order chi connectivity index (χ1) is 4.34. The van der Waals surface area contributed by atoms with Crippen molar-refractivity contribution in [2.75, 3.05) is 7.05 Å². The molecular formula is C5H9N3O. The second-order valence-electron chi connectivity index (χ2n) is 1.79. The van der Waals surface area contributed by atoms with Crippen LogP contribution in [0.5, 0.6) is 0 Å². The fourth-order valence-corrected chi connectivity index (χ4v) is 0.496. The van der Waals surface area contributed by atoms with E-state index in [0.717, 1.165) is 0 Å². The lowest BCUT2D eigenvalue weighted by molar-refractivity contribution is 0.346. The predicted molar refractivity (Wildman–Crippen MR) is 31.8 cm³/mol. The molecule has 0 aliphatic carbocycles. The van der Waals surface area contributed by atoms with E-state index in [2.05, 4.69) is 15.5 Å². The van der Waals surface area contributed by atoms with E-state index in [4.69, 9.17) is 4.52 Å². The summed E-state index contributed by atoms with van der Waals surface area (Å²) in [4.78, 5) is 3.85. The Morgan fingerprint density at radius 1 is 1.78 bits per heavy atom. The molecule has 0 spiro atoms. The monoisotopic (exact) mass is 127 g/mol. The van der Waals surface area contributed by atoms with Crippen molar-refractivity contribution in [1.82, 2.24) is 15.5 Å². The third-order valence-corrected chi connectivity index (χ3v) is 1.18. The van der Waals surface area contributed by atoms with Crippen LogP contribution in [0.25, 0.3) is 0 Å². The van der Waals surface area contributed by atoms with Crippen molar-refractivity contribution < 1.29 is 4.52 Å². The van der Waals surface area contributed by atoms with Crippen LogP contribution in [-0.4, -0.2) is 17.2 Å². The van der Waals surface area contributed by atoms with Crippen molar-refractivity contribution in [2.24, 2.45) is 0 Å². The van der Waals surface area contributed by atoms with Gasteiger partial charge >= 0.3 is 0 Å². The second-order valence-corrected chi connectivity index (χ2v) is 1.79. The maximum atomic E-state index is 4.76. The van der Waals surface area contributed by atoms with Gasteiger partial charge in [0, 0.05) is 0 Å². The summed E-state index contributed by atoms with van der Waals surface area (Å²) >= 11 is 0. The van der Waals surface area contributed by atoms with E-state index in [1.165, 1.54) is 6.33 Å². The van der Waals surface area contributed by atoms with Gasteiger partial charge in [-0.25, -0.2) is 0 Å². The zero-order valence-corrected chi connectivity index (χ0v) is 5.46. The summed E-state index contributed by atoms with van der Waals surface area (Å²) in [5.74, 6) is 0.623. The number of aromatic nitrogens is 2. The number of hydrogen-bond donors (Lipinski definition) is 1. The van der Waals surface area contributed by atoms with Gasteiger partial charge in [0.15, 0.2) is 6.33 Å². The first-order valence-corrected chi connectivity index (χ1v) is 2.78. The van der Waals surface area contributed by atoms with Crippen LogP contribution < -0.4 is 5.32 Å². The minimum absolute atomic E-state index is 0.146. The van der Waals surface area contributed by atoms with Gasteiger partial charge in [0.2, 0.25) is 5.89 Å². The SMILES string of the molecule is CNC(C)c1ncno1. The Kier molecular flexibility index (Phi) is 1.79. The van der Waals surface area contributed by atoms with Crippen LogP contribution in [0.2, 0.25) is 0 Å². The molecule has 1 unspecified atom stereocenters. The topological polar surface area (TPSA) is 51.0 Å². The lowest BCUT2D eigenvalue weighted by Crippen LogP contribution is -2.12. The second kappa shape index (κ2) is 2.59. The molecule has 4 nitrogen and oxygen atoms in total. The van der Waals surface area contributed by atoms with Crippen LogP contribution in [0.15, 0.2) is 10.9 Å². The number of nitrogens with one attached hydrogen (secondary N) is 1. The Morgan fingerprint density at radius 2 is 2.56 bits per heavy atom. The molecule has 1 atom stereocenters. The van der Waals surface area contributed by atoms with Crippen LogP contribution in [-0.2, 0) is 0 Å². The standard InChI is InChI=1S/C5H9N3O/c1-4(6-2)5-7-3-8-9-5/h3-4,6H,1-2H3. The molecule has 0 radical (unpaired) electrons. The molecule has 4 heteroatoms. The van der Waals surface area contributed by atoms with Crippen molar-refractivity contribution in [1.29, 1.82) is 0 Å². The predicted octanol–water partition coefficient (Wildman–Crippen LogP) is 0.350. The van der Waals surface area contributed by atoms with E-state index in [1.54, 1.807) is 0 Å². The van der Waals surface area contributed by atoms with Crippen molar-refractivity contribution in [3.63, 3.8) is 0 Å². The lowest BCUT2D eigenvalue weighted by Gasteiger charge is -2.00. The quantitative estimate of drug-likeness (QED) is 0.622. The number of hydrogen-bond acceptors (Lipinski definition) is 4. The van der Waals surface area contributed by atoms with Crippen molar-refractivity contribution in [2.45, 2.75) is 13.0 Å². The summed E-state index contributed by atoms with van der Waals surface area (Å²) in [5, 5.41) is 6.44. The highest BCUT2D eigenvalue weighted by Crippen LogP contribution is 2.04. The van der Waals surface area contributed by atoms with Gasteiger partial charge in [-0.1, -0.05) is 5.16 Å². The Morgan fingerprint density at radius 3 is 3.00 bits per heavy atom. The fraction of sp³-hybridized carbons (Fsp3) is 0.600. The van der Waals surface area contributed by atoms with Gasteiger partial charge in [0.05, 0.1) is 6.04 Å². The average molecular weight is 127 g/mol. The summed E-state index contributed by atoms with van der Waals surface area (Å²) in [5.41, 5.74) is 0. The van der Waals surface area contributed by atoms with Gasteiger partial charge in [-0.05, 0) is 14.0 Å². The summed E-state index contributed by atoms with van der Waals surface area (Å²) < 4.78 is 4.76. The molecule has 0 amide bonds. The molecule has 0 saturated carbocycles. The Balaban J connectivity index is 2.65. The Hall–Kier alpha value is -0.900. The summed E-state index contributed by atoms with van der Waals surface area (Å²) in [6.07, 6.45) is 1.39. The summed E-state index contributed by atoms with van der Waals surface area (Å²) in [7, 11) is 1.84.